The number of carbonyl (C=O) groups is 2. The standard InChI is InChI=1S/C19H19BrN2O3S/c1-12(23)22-17(11-26-19(22)13-3-5-14(20)6-4-13)18(24)21-15-7-9-16(25-2)10-8-15/h3-10,17,19H,11H2,1-2H3,(H,21,24)/t17-,19+/m1/s1. The third-order valence-corrected chi connectivity index (χ3v) is 6.03. The normalized spacial score (nSPS) is 19.3. The molecule has 1 aliphatic heterocycles. The molecule has 0 saturated carbocycles. The van der Waals surface area contributed by atoms with Gasteiger partial charge in [-0.2, -0.15) is 0 Å². The first-order valence-electron chi connectivity index (χ1n) is 8.10. The van der Waals surface area contributed by atoms with E-state index in [4.69, 9.17) is 4.74 Å². The number of amides is 2. The van der Waals surface area contributed by atoms with Crippen molar-refractivity contribution in [3.8, 4) is 5.75 Å². The summed E-state index contributed by atoms with van der Waals surface area (Å²) in [5, 5.41) is 2.73. The van der Waals surface area contributed by atoms with Gasteiger partial charge in [0, 0.05) is 22.8 Å². The summed E-state index contributed by atoms with van der Waals surface area (Å²) in [5.74, 6) is 0.984. The van der Waals surface area contributed by atoms with Crippen LogP contribution in [-0.4, -0.2) is 35.6 Å². The number of carbonyl (C=O) groups excluding carboxylic acids is 2. The van der Waals surface area contributed by atoms with Gasteiger partial charge in [0.05, 0.1) is 7.11 Å². The summed E-state index contributed by atoms with van der Waals surface area (Å²) < 4.78 is 6.10. The number of ether oxygens (including phenoxy) is 1. The highest BCUT2D eigenvalue weighted by Gasteiger charge is 2.40. The fourth-order valence-corrected chi connectivity index (χ4v) is 4.62. The molecular formula is C19H19BrN2O3S. The molecule has 2 amide bonds. The van der Waals surface area contributed by atoms with Crippen molar-refractivity contribution in [1.82, 2.24) is 4.90 Å². The largest absolute Gasteiger partial charge is 0.497 e. The number of benzene rings is 2. The smallest absolute Gasteiger partial charge is 0.248 e. The van der Waals surface area contributed by atoms with Gasteiger partial charge < -0.3 is 15.0 Å². The van der Waals surface area contributed by atoms with Crippen LogP contribution in [0.3, 0.4) is 0 Å². The number of anilines is 1. The van der Waals surface area contributed by atoms with E-state index >= 15 is 0 Å². The molecule has 26 heavy (non-hydrogen) atoms. The number of methoxy groups -OCH3 is 1. The van der Waals surface area contributed by atoms with Crippen molar-refractivity contribution in [3.63, 3.8) is 0 Å². The van der Waals surface area contributed by atoms with Gasteiger partial charge in [0.15, 0.2) is 0 Å². The lowest BCUT2D eigenvalue weighted by Crippen LogP contribution is -2.44. The van der Waals surface area contributed by atoms with E-state index in [1.807, 2.05) is 24.3 Å². The summed E-state index contributed by atoms with van der Waals surface area (Å²) >= 11 is 5.02. The average Bonchev–Trinajstić information content (AvgIpc) is 3.08. The Morgan fingerprint density at radius 3 is 2.38 bits per heavy atom. The van der Waals surface area contributed by atoms with Crippen molar-refractivity contribution < 1.29 is 14.3 Å². The topological polar surface area (TPSA) is 58.6 Å². The fourth-order valence-electron chi connectivity index (χ4n) is 2.88. The molecule has 7 heteroatoms. The Balaban J connectivity index is 1.76. The van der Waals surface area contributed by atoms with Crippen molar-refractivity contribution in [2.75, 3.05) is 18.2 Å². The molecular weight excluding hydrogens is 416 g/mol. The molecule has 0 aromatic heterocycles. The molecule has 3 rings (SSSR count). The van der Waals surface area contributed by atoms with Crippen LogP contribution in [0.25, 0.3) is 0 Å². The van der Waals surface area contributed by atoms with Gasteiger partial charge in [-0.25, -0.2) is 0 Å². The van der Waals surface area contributed by atoms with Crippen molar-refractivity contribution in [1.29, 1.82) is 0 Å². The van der Waals surface area contributed by atoms with Crippen LogP contribution in [0.4, 0.5) is 5.69 Å². The van der Waals surface area contributed by atoms with Gasteiger partial charge in [0.25, 0.3) is 0 Å². The lowest BCUT2D eigenvalue weighted by atomic mass is 10.1. The Morgan fingerprint density at radius 2 is 1.81 bits per heavy atom. The Hall–Kier alpha value is -1.99. The Labute approximate surface area is 165 Å². The van der Waals surface area contributed by atoms with Crippen molar-refractivity contribution in [2.45, 2.75) is 18.3 Å². The van der Waals surface area contributed by atoms with Gasteiger partial charge in [-0.1, -0.05) is 28.1 Å². The van der Waals surface area contributed by atoms with Gasteiger partial charge in [0.1, 0.15) is 17.2 Å². The lowest BCUT2D eigenvalue weighted by molar-refractivity contribution is -0.136. The quantitative estimate of drug-likeness (QED) is 0.787. The number of thioether (sulfide) groups is 1. The molecule has 5 nitrogen and oxygen atoms in total. The van der Waals surface area contributed by atoms with Crippen LogP contribution in [0, 0.1) is 0 Å². The summed E-state index contributed by atoms with van der Waals surface area (Å²) in [6.45, 7) is 1.51. The van der Waals surface area contributed by atoms with Crippen LogP contribution in [-0.2, 0) is 9.59 Å². The zero-order chi connectivity index (χ0) is 18.7. The molecule has 1 fully saturated rings. The second-order valence-corrected chi connectivity index (χ2v) is 7.93. The Kier molecular flexibility index (Phi) is 5.88. The molecule has 0 unspecified atom stereocenters. The van der Waals surface area contributed by atoms with E-state index in [0.29, 0.717) is 11.4 Å². The van der Waals surface area contributed by atoms with E-state index in [-0.39, 0.29) is 17.2 Å². The summed E-state index contributed by atoms with van der Waals surface area (Å²) in [6, 6.07) is 14.5. The van der Waals surface area contributed by atoms with Gasteiger partial charge >= 0.3 is 0 Å². The predicted octanol–water partition coefficient (Wildman–Crippen LogP) is 4.06. The third-order valence-electron chi connectivity index (χ3n) is 4.18. The first-order chi connectivity index (χ1) is 12.5. The monoisotopic (exact) mass is 434 g/mol. The number of nitrogens with one attached hydrogen (secondary N) is 1. The summed E-state index contributed by atoms with van der Waals surface area (Å²) in [4.78, 5) is 26.7. The highest BCUT2D eigenvalue weighted by molar-refractivity contribution is 9.10. The zero-order valence-corrected chi connectivity index (χ0v) is 16.8. The molecule has 2 aromatic carbocycles. The second kappa shape index (κ2) is 8.14. The molecule has 0 aliphatic carbocycles. The Morgan fingerprint density at radius 1 is 1.15 bits per heavy atom. The van der Waals surface area contributed by atoms with Crippen LogP contribution in [0.2, 0.25) is 0 Å². The summed E-state index contributed by atoms with van der Waals surface area (Å²) in [6.07, 6.45) is 0. The minimum atomic E-state index is -0.506. The summed E-state index contributed by atoms with van der Waals surface area (Å²) in [7, 11) is 1.59. The van der Waals surface area contributed by atoms with E-state index in [2.05, 4.69) is 21.2 Å². The highest BCUT2D eigenvalue weighted by Crippen LogP contribution is 2.41. The molecule has 1 N–H and O–H groups in total. The maximum absolute atomic E-state index is 12.8. The van der Waals surface area contributed by atoms with Gasteiger partial charge in [-0.05, 0) is 42.0 Å². The van der Waals surface area contributed by atoms with Crippen molar-refractivity contribution in [3.05, 3.63) is 58.6 Å². The van der Waals surface area contributed by atoms with Crippen LogP contribution in [0.15, 0.2) is 53.0 Å². The van der Waals surface area contributed by atoms with E-state index in [0.717, 1.165) is 15.8 Å². The molecule has 136 valence electrons. The minimum absolute atomic E-state index is 0.113. The molecule has 0 bridgehead atoms. The van der Waals surface area contributed by atoms with Gasteiger partial charge in [-0.15, -0.1) is 11.8 Å². The molecule has 1 saturated heterocycles. The SMILES string of the molecule is COc1ccc(NC(=O)[C@H]2CS[C@@H](c3ccc(Br)cc3)N2C(C)=O)cc1. The maximum Gasteiger partial charge on any atom is 0.248 e. The van der Waals surface area contributed by atoms with Crippen molar-refractivity contribution >= 4 is 45.2 Å². The third kappa shape index (κ3) is 4.04. The molecule has 1 heterocycles. The average molecular weight is 435 g/mol. The lowest BCUT2D eigenvalue weighted by Gasteiger charge is -2.28. The maximum atomic E-state index is 12.8. The van der Waals surface area contributed by atoms with E-state index in [1.165, 1.54) is 6.92 Å². The van der Waals surface area contributed by atoms with Crippen LogP contribution >= 0.6 is 27.7 Å². The fraction of sp³-hybridized carbons (Fsp3) is 0.263. The number of hydrogen-bond donors (Lipinski definition) is 1. The van der Waals surface area contributed by atoms with E-state index in [1.54, 1.807) is 48.0 Å². The van der Waals surface area contributed by atoms with Crippen molar-refractivity contribution in [2.24, 2.45) is 0 Å². The zero-order valence-electron chi connectivity index (χ0n) is 14.4. The molecule has 2 atom stereocenters. The second-order valence-electron chi connectivity index (χ2n) is 5.90. The number of halogens is 1. The number of rotatable bonds is 4. The van der Waals surface area contributed by atoms with Gasteiger partial charge in [0.2, 0.25) is 11.8 Å². The van der Waals surface area contributed by atoms with Gasteiger partial charge in [-0.3, -0.25) is 9.59 Å². The number of nitrogens with zero attached hydrogens (tertiary/aromatic N) is 1. The van der Waals surface area contributed by atoms with Crippen LogP contribution in [0.1, 0.15) is 17.9 Å². The molecule has 0 spiro atoms. The Bertz CT molecular complexity index is 795. The first-order valence-corrected chi connectivity index (χ1v) is 9.94. The molecule has 0 radical (unpaired) electrons. The summed E-state index contributed by atoms with van der Waals surface area (Å²) in [5.41, 5.74) is 1.68. The van der Waals surface area contributed by atoms with Crippen LogP contribution < -0.4 is 10.1 Å². The highest BCUT2D eigenvalue weighted by atomic mass is 79.9. The first kappa shape index (κ1) is 18.8. The minimum Gasteiger partial charge on any atom is -0.497 e. The van der Waals surface area contributed by atoms with E-state index in [9.17, 15) is 9.59 Å². The predicted molar refractivity (Wildman–Crippen MR) is 107 cm³/mol. The number of hydrogen-bond acceptors (Lipinski definition) is 4. The molecule has 2 aromatic rings. The molecule has 1 aliphatic rings. The van der Waals surface area contributed by atoms with E-state index < -0.39 is 6.04 Å². The van der Waals surface area contributed by atoms with Crippen LogP contribution in [0.5, 0.6) is 5.75 Å².